The van der Waals surface area contributed by atoms with Crippen LogP contribution in [0, 0.1) is 6.92 Å². The smallest absolute Gasteiger partial charge is 0.194 e. The molecular weight excluding hydrogens is 264 g/mol. The van der Waals surface area contributed by atoms with Crippen molar-refractivity contribution in [2.24, 2.45) is 0 Å². The SMILES string of the molecule is Cc1ccc2c(c1)-c1nc3sc4c(n3c1C2)CCCC4. The Morgan fingerprint density at radius 1 is 1.15 bits per heavy atom. The Morgan fingerprint density at radius 2 is 2.05 bits per heavy atom. The first kappa shape index (κ1) is 11.1. The highest BCUT2D eigenvalue weighted by Crippen LogP contribution is 2.41. The number of thiazole rings is 1. The maximum absolute atomic E-state index is 4.96. The van der Waals surface area contributed by atoms with Crippen molar-refractivity contribution >= 4 is 16.3 Å². The van der Waals surface area contributed by atoms with Crippen LogP contribution in [-0.4, -0.2) is 9.38 Å². The number of hydrogen-bond acceptors (Lipinski definition) is 2. The molecule has 0 saturated carbocycles. The van der Waals surface area contributed by atoms with Crippen molar-refractivity contribution in [1.29, 1.82) is 0 Å². The lowest BCUT2D eigenvalue weighted by Crippen LogP contribution is -2.04. The first-order chi connectivity index (χ1) is 9.81. The molecule has 5 rings (SSSR count). The fraction of sp³-hybridized carbons (Fsp3) is 0.353. The minimum atomic E-state index is 1.05. The summed E-state index contributed by atoms with van der Waals surface area (Å²) in [6.07, 6.45) is 6.21. The molecule has 2 nitrogen and oxygen atoms in total. The van der Waals surface area contributed by atoms with Gasteiger partial charge in [-0.05, 0) is 44.2 Å². The lowest BCUT2D eigenvalue weighted by Gasteiger charge is -2.11. The summed E-state index contributed by atoms with van der Waals surface area (Å²) in [6, 6.07) is 6.79. The van der Waals surface area contributed by atoms with E-state index in [1.165, 1.54) is 58.7 Å². The third-order valence-corrected chi connectivity index (χ3v) is 5.84. The van der Waals surface area contributed by atoms with Crippen molar-refractivity contribution in [2.45, 2.75) is 39.0 Å². The van der Waals surface area contributed by atoms with Crippen molar-refractivity contribution in [3.63, 3.8) is 0 Å². The summed E-state index contributed by atoms with van der Waals surface area (Å²) in [4.78, 5) is 7.76. The van der Waals surface area contributed by atoms with Crippen LogP contribution in [0.25, 0.3) is 16.2 Å². The van der Waals surface area contributed by atoms with Crippen molar-refractivity contribution in [3.8, 4) is 11.3 Å². The molecule has 3 heteroatoms. The van der Waals surface area contributed by atoms with Crippen LogP contribution in [0.5, 0.6) is 0 Å². The van der Waals surface area contributed by atoms with E-state index >= 15 is 0 Å². The van der Waals surface area contributed by atoms with Gasteiger partial charge in [0.25, 0.3) is 0 Å². The standard InChI is InChI=1S/C17H16N2S/c1-10-6-7-11-9-14-16(12(11)8-10)18-17-19(14)13-4-2-3-5-15(13)20-17/h6-8H,2-5,9H2,1H3. The second-order valence-corrected chi connectivity index (χ2v) is 7.10. The molecule has 0 bridgehead atoms. The second kappa shape index (κ2) is 3.73. The Morgan fingerprint density at radius 3 is 3.00 bits per heavy atom. The van der Waals surface area contributed by atoms with E-state index in [0.29, 0.717) is 0 Å². The average molecular weight is 280 g/mol. The van der Waals surface area contributed by atoms with Crippen LogP contribution in [0.2, 0.25) is 0 Å². The van der Waals surface area contributed by atoms with Crippen molar-refractivity contribution in [3.05, 3.63) is 45.6 Å². The van der Waals surface area contributed by atoms with Gasteiger partial charge < -0.3 is 0 Å². The molecule has 2 aliphatic rings. The van der Waals surface area contributed by atoms with Crippen LogP contribution in [0.4, 0.5) is 0 Å². The van der Waals surface area contributed by atoms with Gasteiger partial charge in [0.15, 0.2) is 4.96 Å². The van der Waals surface area contributed by atoms with E-state index in [1.807, 2.05) is 11.3 Å². The van der Waals surface area contributed by atoms with Gasteiger partial charge in [0.05, 0.1) is 11.4 Å². The first-order valence-electron chi connectivity index (χ1n) is 7.43. The van der Waals surface area contributed by atoms with E-state index in [0.717, 1.165) is 6.42 Å². The summed E-state index contributed by atoms with van der Waals surface area (Å²) >= 11 is 1.91. The number of aromatic nitrogens is 2. The summed E-state index contributed by atoms with van der Waals surface area (Å²) in [5, 5.41) is 0. The molecular formula is C17H16N2S. The zero-order valence-corrected chi connectivity index (χ0v) is 12.4. The largest absolute Gasteiger partial charge is 0.290 e. The summed E-state index contributed by atoms with van der Waals surface area (Å²) < 4.78 is 2.48. The molecule has 0 fully saturated rings. The van der Waals surface area contributed by atoms with E-state index in [1.54, 1.807) is 10.6 Å². The fourth-order valence-electron chi connectivity index (χ4n) is 3.72. The minimum Gasteiger partial charge on any atom is -0.290 e. The van der Waals surface area contributed by atoms with Crippen LogP contribution in [0.3, 0.4) is 0 Å². The predicted octanol–water partition coefficient (Wildman–Crippen LogP) is 4.15. The number of aryl methyl sites for hydroxylation is 3. The quantitative estimate of drug-likeness (QED) is 0.473. The van der Waals surface area contributed by atoms with Crippen LogP contribution >= 0.6 is 11.3 Å². The van der Waals surface area contributed by atoms with E-state index in [-0.39, 0.29) is 0 Å². The van der Waals surface area contributed by atoms with Gasteiger partial charge in [-0.2, -0.15) is 0 Å². The molecule has 0 atom stereocenters. The molecule has 2 aromatic heterocycles. The van der Waals surface area contributed by atoms with Crippen molar-refractivity contribution in [2.75, 3.05) is 0 Å². The first-order valence-corrected chi connectivity index (χ1v) is 8.25. The summed E-state index contributed by atoms with van der Waals surface area (Å²) in [7, 11) is 0. The van der Waals surface area contributed by atoms with Crippen LogP contribution in [0.15, 0.2) is 18.2 Å². The Hall–Kier alpha value is -1.61. The molecule has 1 aromatic carbocycles. The third kappa shape index (κ3) is 1.31. The molecule has 20 heavy (non-hydrogen) atoms. The summed E-state index contributed by atoms with van der Waals surface area (Å²) in [6.45, 7) is 2.17. The topological polar surface area (TPSA) is 17.3 Å². The average Bonchev–Trinajstić information content (AvgIpc) is 3.06. The van der Waals surface area contributed by atoms with E-state index < -0.39 is 0 Å². The highest BCUT2D eigenvalue weighted by Gasteiger charge is 2.28. The number of imidazole rings is 1. The predicted molar refractivity (Wildman–Crippen MR) is 82.7 cm³/mol. The van der Waals surface area contributed by atoms with Gasteiger partial charge in [-0.1, -0.05) is 17.7 Å². The van der Waals surface area contributed by atoms with E-state index in [2.05, 4.69) is 29.5 Å². The van der Waals surface area contributed by atoms with Gasteiger partial charge in [0.1, 0.15) is 0 Å². The van der Waals surface area contributed by atoms with E-state index in [4.69, 9.17) is 4.98 Å². The molecule has 3 aromatic rings. The molecule has 0 N–H and O–H groups in total. The third-order valence-electron chi connectivity index (χ3n) is 4.69. The van der Waals surface area contributed by atoms with Gasteiger partial charge in [-0.25, -0.2) is 4.98 Å². The minimum absolute atomic E-state index is 1.05. The zero-order chi connectivity index (χ0) is 13.3. The Balaban J connectivity index is 1.81. The van der Waals surface area contributed by atoms with Crippen molar-refractivity contribution in [1.82, 2.24) is 9.38 Å². The van der Waals surface area contributed by atoms with Crippen molar-refractivity contribution < 1.29 is 0 Å². The monoisotopic (exact) mass is 280 g/mol. The molecule has 0 radical (unpaired) electrons. The zero-order valence-electron chi connectivity index (χ0n) is 11.6. The van der Waals surface area contributed by atoms with E-state index in [9.17, 15) is 0 Å². The molecule has 100 valence electrons. The number of rotatable bonds is 0. The molecule has 0 aliphatic heterocycles. The van der Waals surface area contributed by atoms with Gasteiger partial charge in [0, 0.05) is 22.6 Å². The Labute approximate surface area is 122 Å². The Bertz CT molecular complexity index is 854. The lowest BCUT2D eigenvalue weighted by atomic mass is 10.0. The fourth-order valence-corrected chi connectivity index (χ4v) is 4.95. The molecule has 2 heterocycles. The number of fused-ring (bicyclic) bond motifs is 7. The van der Waals surface area contributed by atoms with Gasteiger partial charge in [-0.3, -0.25) is 4.40 Å². The molecule has 0 spiro atoms. The number of nitrogens with zero attached hydrogens (tertiary/aromatic N) is 2. The summed E-state index contributed by atoms with van der Waals surface area (Å²) in [5.41, 5.74) is 8.35. The molecule has 0 saturated heterocycles. The van der Waals surface area contributed by atoms with Crippen LogP contribution in [-0.2, 0) is 19.3 Å². The Kier molecular flexibility index (Phi) is 2.07. The van der Waals surface area contributed by atoms with Crippen LogP contribution < -0.4 is 0 Å². The molecule has 2 aliphatic carbocycles. The number of hydrogen-bond donors (Lipinski definition) is 0. The highest BCUT2D eigenvalue weighted by molar-refractivity contribution is 7.17. The van der Waals surface area contributed by atoms with Crippen LogP contribution in [0.1, 0.15) is 40.2 Å². The molecule has 0 unspecified atom stereocenters. The van der Waals surface area contributed by atoms with Gasteiger partial charge >= 0.3 is 0 Å². The normalized spacial score (nSPS) is 16.2. The maximum atomic E-state index is 4.96. The highest BCUT2D eigenvalue weighted by atomic mass is 32.1. The number of benzene rings is 1. The second-order valence-electron chi connectivity index (χ2n) is 6.04. The maximum Gasteiger partial charge on any atom is 0.194 e. The summed E-state index contributed by atoms with van der Waals surface area (Å²) in [5.74, 6) is 0. The molecule has 0 amide bonds. The lowest BCUT2D eigenvalue weighted by molar-refractivity contribution is 0.671. The van der Waals surface area contributed by atoms with Gasteiger partial charge in [-0.15, -0.1) is 11.3 Å². The van der Waals surface area contributed by atoms with Gasteiger partial charge in [0.2, 0.25) is 0 Å².